The van der Waals surface area contributed by atoms with E-state index in [9.17, 15) is 9.59 Å². The number of rotatable bonds is 4. The zero-order valence-electron chi connectivity index (χ0n) is 9.53. The highest BCUT2D eigenvalue weighted by atomic mass is 79.9. The summed E-state index contributed by atoms with van der Waals surface area (Å²) in [5.41, 5.74) is 1.09. The third-order valence-electron chi connectivity index (χ3n) is 2.07. The van der Waals surface area contributed by atoms with Gasteiger partial charge in [0.05, 0.1) is 6.61 Å². The summed E-state index contributed by atoms with van der Waals surface area (Å²) >= 11 is 3.34. The molecule has 1 amide bonds. The van der Waals surface area contributed by atoms with Gasteiger partial charge in [-0.25, -0.2) is 4.79 Å². The molecule has 0 unspecified atom stereocenters. The van der Waals surface area contributed by atoms with E-state index >= 15 is 0 Å². The second kappa shape index (κ2) is 7.06. The molecule has 0 fully saturated rings. The van der Waals surface area contributed by atoms with Gasteiger partial charge in [0.1, 0.15) is 0 Å². The van der Waals surface area contributed by atoms with E-state index in [2.05, 4.69) is 26.0 Å². The molecule has 17 heavy (non-hydrogen) atoms. The third-order valence-corrected chi connectivity index (χ3v) is 2.60. The SMILES string of the molecule is CCOC(=O)C(=O)NCCc1ccc(Br)cc1. The standard InChI is InChI=1S/C12H14BrNO3/c1-2-17-12(16)11(15)14-8-7-9-3-5-10(13)6-4-9/h3-6H,2,7-8H2,1H3,(H,14,15). The Balaban J connectivity index is 2.30. The van der Waals surface area contributed by atoms with Crippen LogP contribution in [0.4, 0.5) is 0 Å². The van der Waals surface area contributed by atoms with Gasteiger partial charge < -0.3 is 10.1 Å². The largest absolute Gasteiger partial charge is 0.459 e. The predicted molar refractivity (Wildman–Crippen MR) is 67.5 cm³/mol. The second-order valence-corrected chi connectivity index (χ2v) is 4.27. The molecule has 0 aliphatic heterocycles. The molecule has 1 aromatic carbocycles. The van der Waals surface area contributed by atoms with Crippen LogP contribution in [0.5, 0.6) is 0 Å². The maximum atomic E-state index is 11.2. The van der Waals surface area contributed by atoms with Gasteiger partial charge in [-0.05, 0) is 31.0 Å². The molecule has 4 nitrogen and oxygen atoms in total. The van der Waals surface area contributed by atoms with Crippen molar-refractivity contribution in [3.05, 3.63) is 34.3 Å². The number of hydrogen-bond donors (Lipinski definition) is 1. The monoisotopic (exact) mass is 299 g/mol. The summed E-state index contributed by atoms with van der Waals surface area (Å²) in [5, 5.41) is 2.51. The summed E-state index contributed by atoms with van der Waals surface area (Å²) in [7, 11) is 0. The van der Waals surface area contributed by atoms with Crippen molar-refractivity contribution in [2.24, 2.45) is 0 Å². The molecule has 0 aliphatic carbocycles. The lowest BCUT2D eigenvalue weighted by Gasteiger charge is -2.04. The minimum atomic E-state index is -0.830. The van der Waals surface area contributed by atoms with Crippen LogP contribution in [-0.4, -0.2) is 25.0 Å². The number of carbonyl (C=O) groups excluding carboxylic acids is 2. The average Bonchev–Trinajstić information content (AvgIpc) is 2.32. The molecule has 0 spiro atoms. The number of benzene rings is 1. The van der Waals surface area contributed by atoms with Gasteiger partial charge in [-0.3, -0.25) is 4.79 Å². The van der Waals surface area contributed by atoms with Crippen molar-refractivity contribution in [1.29, 1.82) is 0 Å². The minimum Gasteiger partial charge on any atom is -0.459 e. The number of nitrogens with one attached hydrogen (secondary N) is 1. The van der Waals surface area contributed by atoms with Crippen molar-refractivity contribution >= 4 is 27.8 Å². The Morgan fingerprint density at radius 3 is 2.53 bits per heavy atom. The zero-order chi connectivity index (χ0) is 12.7. The number of hydrogen-bond acceptors (Lipinski definition) is 3. The van der Waals surface area contributed by atoms with Crippen LogP contribution < -0.4 is 5.32 Å². The van der Waals surface area contributed by atoms with E-state index in [0.29, 0.717) is 13.0 Å². The Morgan fingerprint density at radius 1 is 1.29 bits per heavy atom. The fraction of sp³-hybridized carbons (Fsp3) is 0.333. The predicted octanol–water partition coefficient (Wildman–Crippen LogP) is 1.67. The summed E-state index contributed by atoms with van der Waals surface area (Å²) < 4.78 is 5.58. The molecule has 0 saturated carbocycles. The van der Waals surface area contributed by atoms with E-state index < -0.39 is 11.9 Å². The van der Waals surface area contributed by atoms with E-state index in [1.807, 2.05) is 24.3 Å². The Morgan fingerprint density at radius 2 is 1.94 bits per heavy atom. The van der Waals surface area contributed by atoms with Gasteiger partial charge in [0.15, 0.2) is 0 Å². The molecule has 1 aromatic rings. The summed E-state index contributed by atoms with van der Waals surface area (Å²) in [6.07, 6.45) is 0.679. The van der Waals surface area contributed by atoms with E-state index in [1.165, 1.54) is 0 Å². The van der Waals surface area contributed by atoms with E-state index in [1.54, 1.807) is 6.92 Å². The van der Waals surface area contributed by atoms with Crippen LogP contribution >= 0.6 is 15.9 Å². The topological polar surface area (TPSA) is 55.4 Å². The maximum absolute atomic E-state index is 11.2. The van der Waals surface area contributed by atoms with Gasteiger partial charge in [-0.2, -0.15) is 0 Å². The Hall–Kier alpha value is -1.36. The van der Waals surface area contributed by atoms with Gasteiger partial charge in [0, 0.05) is 11.0 Å². The fourth-order valence-electron chi connectivity index (χ4n) is 1.24. The van der Waals surface area contributed by atoms with E-state index in [-0.39, 0.29) is 6.61 Å². The molecular formula is C12H14BrNO3. The first-order valence-corrected chi connectivity index (χ1v) is 6.12. The molecule has 0 aliphatic rings. The lowest BCUT2D eigenvalue weighted by Crippen LogP contribution is -2.33. The highest BCUT2D eigenvalue weighted by molar-refractivity contribution is 9.10. The summed E-state index contributed by atoms with van der Waals surface area (Å²) in [4.78, 5) is 22.2. The molecule has 0 saturated heterocycles. The Bertz CT molecular complexity index is 389. The quantitative estimate of drug-likeness (QED) is 0.680. The first kappa shape index (κ1) is 13.7. The zero-order valence-corrected chi connectivity index (χ0v) is 11.1. The first-order valence-electron chi connectivity index (χ1n) is 5.33. The number of ether oxygens (including phenoxy) is 1. The molecule has 0 radical (unpaired) electrons. The summed E-state index contributed by atoms with van der Waals surface area (Å²) in [6, 6.07) is 7.78. The van der Waals surface area contributed by atoms with Crippen LogP contribution in [0, 0.1) is 0 Å². The van der Waals surface area contributed by atoms with Crippen molar-refractivity contribution in [3.63, 3.8) is 0 Å². The van der Waals surface area contributed by atoms with Gasteiger partial charge in [-0.15, -0.1) is 0 Å². The molecule has 0 atom stereocenters. The summed E-state index contributed by atoms with van der Waals surface area (Å²) in [6.45, 7) is 2.28. The average molecular weight is 300 g/mol. The molecule has 1 rings (SSSR count). The maximum Gasteiger partial charge on any atom is 0.396 e. The van der Waals surface area contributed by atoms with E-state index in [4.69, 9.17) is 0 Å². The van der Waals surface area contributed by atoms with Gasteiger partial charge >= 0.3 is 11.9 Å². The van der Waals surface area contributed by atoms with Crippen LogP contribution in [0.15, 0.2) is 28.7 Å². The summed E-state index contributed by atoms with van der Waals surface area (Å²) in [5.74, 6) is -1.52. The van der Waals surface area contributed by atoms with Crippen LogP contribution in [0.25, 0.3) is 0 Å². The minimum absolute atomic E-state index is 0.207. The van der Waals surface area contributed by atoms with Crippen molar-refractivity contribution in [2.75, 3.05) is 13.2 Å². The van der Waals surface area contributed by atoms with Gasteiger partial charge in [0.2, 0.25) is 0 Å². The van der Waals surface area contributed by atoms with Crippen molar-refractivity contribution in [1.82, 2.24) is 5.32 Å². The highest BCUT2D eigenvalue weighted by Crippen LogP contribution is 2.10. The molecule has 0 bridgehead atoms. The molecule has 1 N–H and O–H groups in total. The van der Waals surface area contributed by atoms with Gasteiger partial charge in [-0.1, -0.05) is 28.1 Å². The normalized spacial score (nSPS) is 9.76. The van der Waals surface area contributed by atoms with Crippen LogP contribution in [0.2, 0.25) is 0 Å². The Labute approximate surface area is 108 Å². The lowest BCUT2D eigenvalue weighted by molar-refractivity contribution is -0.154. The molecule has 0 heterocycles. The lowest BCUT2D eigenvalue weighted by atomic mass is 10.1. The van der Waals surface area contributed by atoms with Crippen LogP contribution in [0.1, 0.15) is 12.5 Å². The van der Waals surface area contributed by atoms with Crippen molar-refractivity contribution < 1.29 is 14.3 Å². The molecule has 5 heteroatoms. The second-order valence-electron chi connectivity index (χ2n) is 3.35. The Kier molecular flexibility index (Phi) is 5.69. The van der Waals surface area contributed by atoms with Crippen LogP contribution in [-0.2, 0) is 20.7 Å². The number of halogens is 1. The number of amides is 1. The molecule has 0 aromatic heterocycles. The van der Waals surface area contributed by atoms with E-state index in [0.717, 1.165) is 10.0 Å². The first-order chi connectivity index (χ1) is 8.13. The van der Waals surface area contributed by atoms with Crippen molar-refractivity contribution in [3.8, 4) is 0 Å². The molecule has 92 valence electrons. The van der Waals surface area contributed by atoms with Crippen molar-refractivity contribution in [2.45, 2.75) is 13.3 Å². The number of esters is 1. The van der Waals surface area contributed by atoms with Crippen LogP contribution in [0.3, 0.4) is 0 Å². The third kappa shape index (κ3) is 4.99. The van der Waals surface area contributed by atoms with Gasteiger partial charge in [0.25, 0.3) is 0 Å². The number of carbonyl (C=O) groups is 2. The highest BCUT2D eigenvalue weighted by Gasteiger charge is 2.13. The fourth-order valence-corrected chi connectivity index (χ4v) is 1.50. The smallest absolute Gasteiger partial charge is 0.396 e. The molecular weight excluding hydrogens is 286 g/mol.